The predicted octanol–water partition coefficient (Wildman–Crippen LogP) is 8.16. The Kier molecular flexibility index (Phi) is 6.42. The van der Waals surface area contributed by atoms with Crippen molar-refractivity contribution in [2.75, 3.05) is 0 Å². The van der Waals surface area contributed by atoms with E-state index >= 15 is 0 Å². The SMILES string of the molecule is CC(C)(C)c1ccc(Sc2ccc(Oc3ccc(Oc4ccc([OH2+])cc4)cc3)cc2)cc1. The first-order chi connectivity index (χ1) is 15.3. The highest BCUT2D eigenvalue weighted by Gasteiger charge is 2.13. The molecular weight excluding hydrogens is 416 g/mol. The zero-order valence-electron chi connectivity index (χ0n) is 18.5. The molecule has 0 fully saturated rings. The molecule has 0 saturated carbocycles. The van der Waals surface area contributed by atoms with Gasteiger partial charge in [-0.1, -0.05) is 44.7 Å². The normalized spacial score (nSPS) is 11.2. The van der Waals surface area contributed by atoms with E-state index in [-0.39, 0.29) is 5.41 Å². The summed E-state index contributed by atoms with van der Waals surface area (Å²) in [6, 6.07) is 31.4. The van der Waals surface area contributed by atoms with Crippen LogP contribution in [0.3, 0.4) is 0 Å². The highest BCUT2D eigenvalue weighted by atomic mass is 32.2. The first kappa shape index (κ1) is 21.8. The minimum Gasteiger partial charge on any atom is -0.593 e. The monoisotopic (exact) mass is 443 g/mol. The van der Waals surface area contributed by atoms with Crippen LogP contribution in [0.15, 0.2) is 107 Å². The second kappa shape index (κ2) is 9.41. The highest BCUT2D eigenvalue weighted by molar-refractivity contribution is 7.99. The maximum Gasteiger partial charge on any atom is 0.254 e. The van der Waals surface area contributed by atoms with Gasteiger partial charge in [-0.2, -0.15) is 0 Å². The first-order valence-corrected chi connectivity index (χ1v) is 11.3. The molecule has 0 radical (unpaired) electrons. The van der Waals surface area contributed by atoms with E-state index in [4.69, 9.17) is 14.6 Å². The Morgan fingerprint density at radius 1 is 0.531 bits per heavy atom. The molecule has 0 atom stereocenters. The lowest BCUT2D eigenvalue weighted by atomic mass is 9.87. The average molecular weight is 444 g/mol. The van der Waals surface area contributed by atoms with E-state index in [0.29, 0.717) is 11.5 Å². The number of benzene rings is 4. The lowest BCUT2D eigenvalue weighted by molar-refractivity contribution is 0.461. The molecular formula is C28H27O3S+. The first-order valence-electron chi connectivity index (χ1n) is 10.5. The molecule has 0 aliphatic rings. The Morgan fingerprint density at radius 3 is 1.28 bits per heavy atom. The summed E-state index contributed by atoms with van der Waals surface area (Å²) in [4.78, 5) is 2.39. The van der Waals surface area contributed by atoms with Crippen molar-refractivity contribution in [1.29, 1.82) is 0 Å². The van der Waals surface area contributed by atoms with E-state index < -0.39 is 0 Å². The van der Waals surface area contributed by atoms with Gasteiger partial charge in [0.1, 0.15) is 23.0 Å². The van der Waals surface area contributed by atoms with Crippen molar-refractivity contribution in [1.82, 2.24) is 0 Å². The molecule has 0 aliphatic heterocycles. The Labute approximate surface area is 193 Å². The molecule has 0 saturated heterocycles. The molecule has 162 valence electrons. The quantitative estimate of drug-likeness (QED) is 0.282. The molecule has 3 nitrogen and oxygen atoms in total. The summed E-state index contributed by atoms with van der Waals surface area (Å²) < 4.78 is 11.8. The molecule has 4 aromatic carbocycles. The van der Waals surface area contributed by atoms with Crippen LogP contribution in [-0.2, 0) is 5.41 Å². The number of hydrogen-bond acceptors (Lipinski definition) is 3. The van der Waals surface area contributed by atoms with E-state index in [1.165, 1.54) is 15.4 Å². The minimum absolute atomic E-state index is 0.167. The van der Waals surface area contributed by atoms with Gasteiger partial charge in [-0.15, -0.1) is 0 Å². The van der Waals surface area contributed by atoms with E-state index in [9.17, 15) is 0 Å². The van der Waals surface area contributed by atoms with Gasteiger partial charge >= 0.3 is 0 Å². The summed E-state index contributed by atoms with van der Waals surface area (Å²) in [5, 5.41) is 7.53. The topological polar surface area (TPSA) is 41.4 Å². The fraction of sp³-hybridized carbons (Fsp3) is 0.143. The van der Waals surface area contributed by atoms with Crippen LogP contribution in [0.2, 0.25) is 0 Å². The molecule has 0 unspecified atom stereocenters. The van der Waals surface area contributed by atoms with Crippen molar-refractivity contribution in [2.45, 2.75) is 36.0 Å². The van der Waals surface area contributed by atoms with Gasteiger partial charge in [-0.25, -0.2) is 0 Å². The van der Waals surface area contributed by atoms with E-state index in [1.807, 2.05) is 36.4 Å². The summed E-state index contributed by atoms with van der Waals surface area (Å²) in [7, 11) is 0. The third-order valence-corrected chi connectivity index (χ3v) is 5.94. The lowest BCUT2D eigenvalue weighted by Crippen LogP contribution is -2.10. The predicted molar refractivity (Wildman–Crippen MR) is 132 cm³/mol. The van der Waals surface area contributed by atoms with Crippen LogP contribution in [0, 0.1) is 0 Å². The van der Waals surface area contributed by atoms with Crippen molar-refractivity contribution < 1.29 is 14.6 Å². The summed E-state index contributed by atoms with van der Waals surface area (Å²) in [5.74, 6) is 3.42. The van der Waals surface area contributed by atoms with Crippen LogP contribution in [0.25, 0.3) is 0 Å². The Balaban J connectivity index is 1.34. The largest absolute Gasteiger partial charge is 0.593 e. The van der Waals surface area contributed by atoms with Gasteiger partial charge in [-0.3, -0.25) is 0 Å². The standard InChI is InChI=1S/C28H26O3S/c1-28(2,3)20-4-16-26(17-5-20)32-27-18-14-25(15-19-27)31-24-12-10-23(11-13-24)30-22-8-6-21(29)7-9-22/h4-19,29H,1-3H3/p+1. The summed E-state index contributed by atoms with van der Waals surface area (Å²) in [6.07, 6.45) is 0. The molecule has 0 bridgehead atoms. The Bertz CT molecular complexity index is 1140. The van der Waals surface area contributed by atoms with Crippen molar-refractivity contribution >= 4 is 11.8 Å². The summed E-state index contributed by atoms with van der Waals surface area (Å²) in [5.41, 5.74) is 1.51. The molecule has 0 aliphatic carbocycles. The Hall–Kier alpha value is -3.37. The van der Waals surface area contributed by atoms with Gasteiger partial charge in [0, 0.05) is 21.9 Å². The van der Waals surface area contributed by atoms with Crippen LogP contribution >= 0.6 is 11.8 Å². The minimum atomic E-state index is 0.167. The number of ether oxygens (including phenoxy) is 2. The van der Waals surface area contributed by atoms with Crippen LogP contribution in [0.1, 0.15) is 26.3 Å². The van der Waals surface area contributed by atoms with E-state index in [1.54, 1.807) is 36.0 Å². The summed E-state index contributed by atoms with van der Waals surface area (Å²) in [6.45, 7) is 6.69. The third-order valence-electron chi connectivity index (χ3n) is 4.93. The lowest BCUT2D eigenvalue weighted by Gasteiger charge is -2.19. The molecule has 2 N–H and O–H groups in total. The second-order valence-electron chi connectivity index (χ2n) is 8.55. The van der Waals surface area contributed by atoms with Crippen molar-refractivity contribution in [3.8, 4) is 28.7 Å². The molecule has 0 aromatic heterocycles. The highest BCUT2D eigenvalue weighted by Crippen LogP contribution is 2.33. The van der Waals surface area contributed by atoms with E-state index in [2.05, 4.69) is 57.2 Å². The van der Waals surface area contributed by atoms with Crippen molar-refractivity contribution in [3.05, 3.63) is 103 Å². The van der Waals surface area contributed by atoms with Crippen LogP contribution in [-0.4, -0.2) is 5.11 Å². The zero-order valence-corrected chi connectivity index (χ0v) is 19.3. The fourth-order valence-electron chi connectivity index (χ4n) is 3.11. The zero-order chi connectivity index (χ0) is 22.6. The van der Waals surface area contributed by atoms with Crippen LogP contribution < -0.4 is 9.47 Å². The molecule has 32 heavy (non-hydrogen) atoms. The molecule has 4 rings (SSSR count). The van der Waals surface area contributed by atoms with Gasteiger partial charge < -0.3 is 14.6 Å². The summed E-state index contributed by atoms with van der Waals surface area (Å²) >= 11 is 1.74. The molecule has 4 aromatic rings. The van der Waals surface area contributed by atoms with Crippen molar-refractivity contribution in [2.24, 2.45) is 0 Å². The van der Waals surface area contributed by atoms with Gasteiger partial charge in [0.15, 0.2) is 0 Å². The van der Waals surface area contributed by atoms with E-state index in [0.717, 1.165) is 17.2 Å². The number of rotatable bonds is 6. The van der Waals surface area contributed by atoms with Gasteiger partial charge in [0.05, 0.1) is 0 Å². The number of hydrogen-bond donors (Lipinski definition) is 0. The smallest absolute Gasteiger partial charge is 0.254 e. The van der Waals surface area contributed by atoms with Gasteiger partial charge in [0.25, 0.3) is 5.75 Å². The van der Waals surface area contributed by atoms with Gasteiger partial charge in [0.2, 0.25) is 0 Å². The molecule has 0 spiro atoms. The molecule has 0 heterocycles. The van der Waals surface area contributed by atoms with Crippen LogP contribution in [0.4, 0.5) is 0 Å². The van der Waals surface area contributed by atoms with Crippen molar-refractivity contribution in [3.63, 3.8) is 0 Å². The second-order valence-corrected chi connectivity index (χ2v) is 9.69. The molecule has 4 heteroatoms. The Morgan fingerprint density at radius 2 is 0.875 bits per heavy atom. The van der Waals surface area contributed by atoms with Crippen LogP contribution in [0.5, 0.6) is 28.7 Å². The van der Waals surface area contributed by atoms with Gasteiger partial charge in [-0.05, 0) is 83.8 Å². The maximum absolute atomic E-state index is 7.53. The maximum atomic E-state index is 7.53. The average Bonchev–Trinajstić information content (AvgIpc) is 2.78. The fourth-order valence-corrected chi connectivity index (χ4v) is 3.92. The molecule has 0 amide bonds. The third kappa shape index (κ3) is 5.86.